The summed E-state index contributed by atoms with van der Waals surface area (Å²) in [5.74, 6) is -2.03. The number of carbonyl (C=O) groups excluding carboxylic acids is 1. The van der Waals surface area contributed by atoms with Gasteiger partial charge in [-0.3, -0.25) is 0 Å². The molecule has 0 aromatic heterocycles. The largest absolute Gasteiger partial charge is 0.494 e. The molecule has 7 nitrogen and oxygen atoms in total. The van der Waals surface area contributed by atoms with Crippen LogP contribution in [0.4, 0.5) is 0 Å². The van der Waals surface area contributed by atoms with Gasteiger partial charge in [0.15, 0.2) is 10.8 Å². The van der Waals surface area contributed by atoms with Crippen molar-refractivity contribution in [3.63, 3.8) is 0 Å². The first-order valence-corrected chi connectivity index (χ1v) is 9.10. The van der Waals surface area contributed by atoms with E-state index < -0.39 is 28.6 Å². The fourth-order valence-electron chi connectivity index (χ4n) is 5.82. The van der Waals surface area contributed by atoms with Crippen molar-refractivity contribution in [1.82, 2.24) is 0 Å². The minimum atomic E-state index is -1.93. The first-order chi connectivity index (χ1) is 12.8. The number of ether oxygens (including phenoxy) is 2. The Labute approximate surface area is 157 Å². The standard InChI is InChI=1S/C20H18N4O3/c1-9-4-10(2)27-18(25)14-15-12-11(3)13(12)16(17(14)26-9)20(7-23,8-24)19(15,5-21)6-22/h9-13,15-16H,4H2,1-3H3/t9-,10+,11+,12+,13-,15-,16+/m0/s1. The molecule has 5 aliphatic rings. The van der Waals surface area contributed by atoms with Gasteiger partial charge < -0.3 is 9.47 Å². The molecular weight excluding hydrogens is 344 g/mol. The highest BCUT2D eigenvalue weighted by molar-refractivity contribution is 5.92. The molecule has 0 N–H and O–H groups in total. The molecule has 0 radical (unpaired) electrons. The minimum absolute atomic E-state index is 0.0558. The number of nitrogens with zero attached hydrogens (tertiary/aromatic N) is 4. The summed E-state index contributed by atoms with van der Waals surface area (Å²) in [6.45, 7) is 5.58. The van der Waals surface area contributed by atoms with Crippen molar-refractivity contribution in [1.29, 1.82) is 21.0 Å². The Bertz CT molecular complexity index is 912. The Morgan fingerprint density at radius 2 is 1.33 bits per heavy atom. The van der Waals surface area contributed by atoms with Crippen molar-refractivity contribution in [2.24, 2.45) is 40.4 Å². The van der Waals surface area contributed by atoms with Crippen molar-refractivity contribution in [3.05, 3.63) is 11.3 Å². The molecule has 0 unspecified atom stereocenters. The average molecular weight is 362 g/mol. The minimum Gasteiger partial charge on any atom is -0.494 e. The van der Waals surface area contributed by atoms with E-state index in [1.165, 1.54) is 0 Å². The average Bonchev–Trinajstić information content (AvgIpc) is 3.30. The molecule has 0 spiro atoms. The third kappa shape index (κ3) is 1.75. The molecule has 1 heterocycles. The number of cyclic esters (lactones) is 1. The van der Waals surface area contributed by atoms with Crippen LogP contribution in [0.3, 0.4) is 0 Å². The molecule has 0 aromatic carbocycles. The zero-order valence-electron chi connectivity index (χ0n) is 15.3. The first-order valence-electron chi connectivity index (χ1n) is 9.10. The van der Waals surface area contributed by atoms with Crippen LogP contribution in [0.25, 0.3) is 0 Å². The molecule has 0 saturated heterocycles. The lowest BCUT2D eigenvalue weighted by atomic mass is 9.44. The predicted molar refractivity (Wildman–Crippen MR) is 88.2 cm³/mol. The lowest BCUT2D eigenvalue weighted by Crippen LogP contribution is -2.59. The van der Waals surface area contributed by atoms with Gasteiger partial charge in [-0.1, -0.05) is 6.92 Å². The maximum Gasteiger partial charge on any atom is 0.338 e. The van der Waals surface area contributed by atoms with Crippen LogP contribution in [0.2, 0.25) is 0 Å². The number of esters is 1. The molecule has 0 aromatic rings. The van der Waals surface area contributed by atoms with Gasteiger partial charge in [-0.15, -0.1) is 0 Å². The lowest BCUT2D eigenvalue weighted by Gasteiger charge is -2.52. The number of hydrogen-bond donors (Lipinski definition) is 0. The molecular formula is C20H18N4O3. The molecule has 2 saturated carbocycles. The predicted octanol–water partition coefficient (Wildman–Crippen LogP) is 2.19. The van der Waals surface area contributed by atoms with Crippen molar-refractivity contribution < 1.29 is 14.3 Å². The van der Waals surface area contributed by atoms with E-state index in [4.69, 9.17) is 9.47 Å². The van der Waals surface area contributed by atoms with Crippen LogP contribution in [0.1, 0.15) is 27.2 Å². The van der Waals surface area contributed by atoms with E-state index in [2.05, 4.69) is 0 Å². The SMILES string of the molecule is C[C@@H]1[C@@H]2[C@H]1[C@@H]1C3=C(C(=O)O[C@H](C)C[C@H](C)O3)[C@H]2C(C#N)(C#N)C1(C#N)C#N. The van der Waals surface area contributed by atoms with Crippen molar-refractivity contribution in [2.45, 2.75) is 39.4 Å². The highest BCUT2D eigenvalue weighted by atomic mass is 16.6. The van der Waals surface area contributed by atoms with E-state index in [1.807, 2.05) is 38.1 Å². The van der Waals surface area contributed by atoms with Gasteiger partial charge in [0.25, 0.3) is 0 Å². The van der Waals surface area contributed by atoms with Gasteiger partial charge in [0.05, 0.1) is 41.9 Å². The fourth-order valence-corrected chi connectivity index (χ4v) is 5.82. The van der Waals surface area contributed by atoms with Crippen LogP contribution in [-0.4, -0.2) is 18.2 Å². The van der Waals surface area contributed by atoms with E-state index in [1.54, 1.807) is 6.92 Å². The normalized spacial score (nSPS) is 42.3. The zero-order chi connectivity index (χ0) is 19.7. The second kappa shape index (κ2) is 5.25. The number of fused-ring (bicyclic) bond motifs is 1. The molecule has 27 heavy (non-hydrogen) atoms. The van der Waals surface area contributed by atoms with Crippen LogP contribution >= 0.6 is 0 Å². The lowest BCUT2D eigenvalue weighted by molar-refractivity contribution is -0.151. The van der Waals surface area contributed by atoms with E-state index in [-0.39, 0.29) is 35.5 Å². The molecule has 4 aliphatic carbocycles. The van der Waals surface area contributed by atoms with Gasteiger partial charge in [0.1, 0.15) is 11.9 Å². The number of nitriles is 4. The Morgan fingerprint density at radius 1 is 0.852 bits per heavy atom. The van der Waals surface area contributed by atoms with E-state index >= 15 is 0 Å². The summed E-state index contributed by atoms with van der Waals surface area (Å²) in [4.78, 5) is 12.9. The third-order valence-electron chi connectivity index (χ3n) is 6.93. The van der Waals surface area contributed by atoms with Gasteiger partial charge in [-0.05, 0) is 31.6 Å². The van der Waals surface area contributed by atoms with Gasteiger partial charge in [-0.2, -0.15) is 21.0 Å². The maximum absolute atomic E-state index is 12.9. The van der Waals surface area contributed by atoms with Crippen molar-refractivity contribution in [2.75, 3.05) is 0 Å². The summed E-state index contributed by atoms with van der Waals surface area (Å²) < 4.78 is 11.7. The Kier molecular flexibility index (Phi) is 3.38. The quantitative estimate of drug-likeness (QED) is 0.603. The second-order valence-electron chi connectivity index (χ2n) is 8.19. The molecule has 2 bridgehead atoms. The summed E-state index contributed by atoms with van der Waals surface area (Å²) in [6.07, 6.45) is -0.166. The number of rotatable bonds is 0. The summed E-state index contributed by atoms with van der Waals surface area (Å²) in [6, 6.07) is 7.96. The maximum atomic E-state index is 12.9. The van der Waals surface area contributed by atoms with Crippen LogP contribution in [0, 0.1) is 85.7 Å². The first kappa shape index (κ1) is 17.4. The number of hydrogen-bond acceptors (Lipinski definition) is 7. The molecule has 7 heteroatoms. The molecule has 0 amide bonds. The van der Waals surface area contributed by atoms with Crippen molar-refractivity contribution >= 4 is 5.97 Å². The Balaban J connectivity index is 2.05. The Morgan fingerprint density at radius 3 is 1.89 bits per heavy atom. The van der Waals surface area contributed by atoms with Crippen LogP contribution in [0.5, 0.6) is 0 Å². The highest BCUT2D eigenvalue weighted by Gasteiger charge is 2.82. The summed E-state index contributed by atoms with van der Waals surface area (Å²) in [5.41, 5.74) is -3.62. The van der Waals surface area contributed by atoms with Crippen LogP contribution in [0.15, 0.2) is 11.3 Å². The van der Waals surface area contributed by atoms with Crippen LogP contribution in [-0.2, 0) is 14.3 Å². The smallest absolute Gasteiger partial charge is 0.338 e. The van der Waals surface area contributed by atoms with E-state index in [9.17, 15) is 25.8 Å². The molecule has 136 valence electrons. The summed E-state index contributed by atoms with van der Waals surface area (Å²) in [5, 5.41) is 40.0. The molecule has 5 rings (SSSR count). The Hall–Kier alpha value is -3.03. The third-order valence-corrected chi connectivity index (χ3v) is 6.93. The van der Waals surface area contributed by atoms with Gasteiger partial charge >= 0.3 is 5.97 Å². The topological polar surface area (TPSA) is 131 Å². The number of allylic oxidation sites excluding steroid dienone is 1. The second-order valence-corrected chi connectivity index (χ2v) is 8.19. The van der Waals surface area contributed by atoms with Gasteiger partial charge in [-0.25, -0.2) is 4.79 Å². The van der Waals surface area contributed by atoms with E-state index in [0.717, 1.165) is 0 Å². The summed E-state index contributed by atoms with van der Waals surface area (Å²) >= 11 is 0. The molecule has 1 aliphatic heterocycles. The molecule has 7 atom stereocenters. The number of carbonyl (C=O) groups is 1. The summed E-state index contributed by atoms with van der Waals surface area (Å²) in [7, 11) is 0. The van der Waals surface area contributed by atoms with Crippen LogP contribution < -0.4 is 0 Å². The van der Waals surface area contributed by atoms with Gasteiger partial charge in [0.2, 0.25) is 0 Å². The van der Waals surface area contributed by atoms with Gasteiger partial charge in [0, 0.05) is 12.3 Å². The fraction of sp³-hybridized carbons (Fsp3) is 0.650. The van der Waals surface area contributed by atoms with Crippen molar-refractivity contribution in [3.8, 4) is 24.3 Å². The van der Waals surface area contributed by atoms with E-state index in [0.29, 0.717) is 12.2 Å². The molecule has 2 fully saturated rings. The zero-order valence-corrected chi connectivity index (χ0v) is 15.3. The monoisotopic (exact) mass is 362 g/mol. The highest BCUT2D eigenvalue weighted by Crippen LogP contribution is 2.77.